The van der Waals surface area contributed by atoms with Gasteiger partial charge in [0.2, 0.25) is 5.60 Å². The molecule has 2 heterocycles. The molecule has 0 saturated heterocycles. The van der Waals surface area contributed by atoms with E-state index in [1.807, 2.05) is 12.1 Å². The normalized spacial score (nSPS) is 16.2. The summed E-state index contributed by atoms with van der Waals surface area (Å²) in [5, 5.41) is 9.69. The van der Waals surface area contributed by atoms with E-state index >= 15 is 0 Å². The standard InChI is InChI=1S/C21H22N2O4/c1-21(20(25)26,27-18-5-3-2-4-6-18)15-16-9-13-23(14-10-16)19(24)17-7-11-22-12-8-17/h2-9,11-12H,10,13-15H2,1H3,(H,25,26). The van der Waals surface area contributed by atoms with Gasteiger partial charge in [0.05, 0.1) is 0 Å². The molecule has 1 aromatic heterocycles. The van der Waals surface area contributed by atoms with E-state index in [-0.39, 0.29) is 12.3 Å². The van der Waals surface area contributed by atoms with Crippen LogP contribution in [-0.4, -0.2) is 45.6 Å². The molecular weight excluding hydrogens is 344 g/mol. The Hall–Kier alpha value is -3.15. The van der Waals surface area contributed by atoms with Gasteiger partial charge in [0.25, 0.3) is 5.91 Å². The summed E-state index contributed by atoms with van der Waals surface area (Å²) in [7, 11) is 0. The van der Waals surface area contributed by atoms with Gasteiger partial charge in [-0.2, -0.15) is 0 Å². The first-order valence-corrected chi connectivity index (χ1v) is 8.82. The van der Waals surface area contributed by atoms with E-state index in [0.29, 0.717) is 30.8 Å². The molecule has 6 nitrogen and oxygen atoms in total. The Morgan fingerprint density at radius 2 is 1.89 bits per heavy atom. The molecule has 0 fully saturated rings. The minimum atomic E-state index is -1.36. The second-order valence-corrected chi connectivity index (χ2v) is 6.73. The zero-order chi connectivity index (χ0) is 19.3. The van der Waals surface area contributed by atoms with Gasteiger partial charge in [-0.1, -0.05) is 29.8 Å². The van der Waals surface area contributed by atoms with E-state index in [4.69, 9.17) is 4.74 Å². The third-order valence-electron chi connectivity index (χ3n) is 4.62. The van der Waals surface area contributed by atoms with E-state index in [1.165, 1.54) is 0 Å². The highest BCUT2D eigenvalue weighted by molar-refractivity contribution is 5.94. The smallest absolute Gasteiger partial charge is 0.348 e. The number of para-hydroxylation sites is 1. The largest absolute Gasteiger partial charge is 0.478 e. The Balaban J connectivity index is 1.67. The van der Waals surface area contributed by atoms with Gasteiger partial charge in [-0.25, -0.2) is 4.79 Å². The Labute approximate surface area is 158 Å². The highest BCUT2D eigenvalue weighted by atomic mass is 16.5. The molecule has 1 aliphatic rings. The van der Waals surface area contributed by atoms with Gasteiger partial charge in [0.15, 0.2) is 0 Å². The summed E-state index contributed by atoms with van der Waals surface area (Å²) < 4.78 is 5.78. The molecule has 0 saturated carbocycles. The molecule has 27 heavy (non-hydrogen) atoms. The summed E-state index contributed by atoms with van der Waals surface area (Å²) in [4.78, 5) is 30.0. The molecule has 0 bridgehead atoms. The van der Waals surface area contributed by atoms with Crippen LogP contribution in [0, 0.1) is 0 Å². The number of hydrogen-bond acceptors (Lipinski definition) is 4. The molecule has 0 aliphatic carbocycles. The van der Waals surface area contributed by atoms with Crippen LogP contribution in [0.3, 0.4) is 0 Å². The number of hydrogen-bond donors (Lipinski definition) is 1. The number of carbonyl (C=O) groups is 2. The average Bonchev–Trinajstić information content (AvgIpc) is 2.69. The fraction of sp³-hybridized carbons (Fsp3) is 0.286. The summed E-state index contributed by atoms with van der Waals surface area (Å²) >= 11 is 0. The van der Waals surface area contributed by atoms with Crippen molar-refractivity contribution in [3.63, 3.8) is 0 Å². The molecule has 1 amide bonds. The van der Waals surface area contributed by atoms with Crippen LogP contribution in [0.5, 0.6) is 5.75 Å². The molecule has 140 valence electrons. The van der Waals surface area contributed by atoms with E-state index in [0.717, 1.165) is 5.57 Å². The van der Waals surface area contributed by atoms with Crippen molar-refractivity contribution in [3.05, 3.63) is 72.1 Å². The average molecular weight is 366 g/mol. The molecule has 1 aliphatic heterocycles. The number of benzene rings is 1. The molecule has 1 aromatic carbocycles. The van der Waals surface area contributed by atoms with Crippen molar-refractivity contribution in [1.82, 2.24) is 9.88 Å². The Morgan fingerprint density at radius 3 is 2.48 bits per heavy atom. The van der Waals surface area contributed by atoms with E-state index in [2.05, 4.69) is 4.98 Å². The molecule has 1 unspecified atom stereocenters. The SMILES string of the molecule is CC(CC1=CCN(C(=O)c2ccncc2)CC1)(Oc1ccccc1)C(=O)O. The number of pyridine rings is 1. The van der Waals surface area contributed by atoms with Crippen molar-refractivity contribution in [2.24, 2.45) is 0 Å². The molecule has 0 spiro atoms. The first-order valence-electron chi connectivity index (χ1n) is 8.82. The van der Waals surface area contributed by atoms with Gasteiger partial charge in [-0.15, -0.1) is 0 Å². The molecular formula is C21H22N2O4. The van der Waals surface area contributed by atoms with E-state index in [1.54, 1.807) is 60.6 Å². The summed E-state index contributed by atoms with van der Waals surface area (Å²) in [6.45, 7) is 2.59. The van der Waals surface area contributed by atoms with Gasteiger partial charge in [-0.05, 0) is 37.6 Å². The number of carboxylic acid groups (broad SMARTS) is 1. The lowest BCUT2D eigenvalue weighted by atomic mass is 9.92. The van der Waals surface area contributed by atoms with Gasteiger partial charge in [-0.3, -0.25) is 9.78 Å². The molecule has 6 heteroatoms. The van der Waals surface area contributed by atoms with Gasteiger partial charge >= 0.3 is 5.97 Å². The monoisotopic (exact) mass is 366 g/mol. The third kappa shape index (κ3) is 4.53. The topological polar surface area (TPSA) is 79.7 Å². The number of carboxylic acids is 1. The zero-order valence-corrected chi connectivity index (χ0v) is 15.2. The lowest BCUT2D eigenvalue weighted by molar-refractivity contribution is -0.153. The fourth-order valence-electron chi connectivity index (χ4n) is 3.07. The van der Waals surface area contributed by atoms with Gasteiger partial charge < -0.3 is 14.7 Å². The summed E-state index contributed by atoms with van der Waals surface area (Å²) in [5.41, 5.74) is 0.226. The quantitative estimate of drug-likeness (QED) is 0.795. The number of ether oxygens (including phenoxy) is 1. The maximum absolute atomic E-state index is 12.5. The zero-order valence-electron chi connectivity index (χ0n) is 15.2. The summed E-state index contributed by atoms with van der Waals surface area (Å²) in [5.74, 6) is -0.537. The van der Waals surface area contributed by atoms with Crippen LogP contribution in [0.4, 0.5) is 0 Å². The van der Waals surface area contributed by atoms with Crippen LogP contribution < -0.4 is 4.74 Å². The van der Waals surface area contributed by atoms with Gasteiger partial charge in [0, 0.05) is 37.5 Å². The first-order chi connectivity index (χ1) is 13.0. The predicted molar refractivity (Wildman–Crippen MR) is 101 cm³/mol. The van der Waals surface area contributed by atoms with Crippen LogP contribution in [0.25, 0.3) is 0 Å². The number of amides is 1. The number of rotatable bonds is 6. The van der Waals surface area contributed by atoms with Crippen molar-refractivity contribution in [1.29, 1.82) is 0 Å². The number of aliphatic carboxylic acids is 1. The summed E-state index contributed by atoms with van der Waals surface area (Å²) in [6.07, 6.45) is 6.01. The van der Waals surface area contributed by atoms with Crippen LogP contribution >= 0.6 is 0 Å². The molecule has 3 rings (SSSR count). The lowest BCUT2D eigenvalue weighted by Gasteiger charge is -2.31. The molecule has 0 radical (unpaired) electrons. The highest BCUT2D eigenvalue weighted by Gasteiger charge is 2.37. The second kappa shape index (κ2) is 8.03. The molecule has 2 aromatic rings. The van der Waals surface area contributed by atoms with Crippen LogP contribution in [-0.2, 0) is 4.79 Å². The van der Waals surface area contributed by atoms with Crippen molar-refractivity contribution >= 4 is 11.9 Å². The number of carbonyl (C=O) groups excluding carboxylic acids is 1. The lowest BCUT2D eigenvalue weighted by Crippen LogP contribution is -2.43. The second-order valence-electron chi connectivity index (χ2n) is 6.73. The molecule has 1 atom stereocenters. The number of aromatic nitrogens is 1. The van der Waals surface area contributed by atoms with Gasteiger partial charge in [0.1, 0.15) is 5.75 Å². The van der Waals surface area contributed by atoms with Crippen molar-refractivity contribution in [2.45, 2.75) is 25.4 Å². The Morgan fingerprint density at radius 1 is 1.19 bits per heavy atom. The Bertz CT molecular complexity index is 836. The van der Waals surface area contributed by atoms with E-state index in [9.17, 15) is 14.7 Å². The van der Waals surface area contributed by atoms with Crippen molar-refractivity contribution in [2.75, 3.05) is 13.1 Å². The maximum Gasteiger partial charge on any atom is 0.348 e. The van der Waals surface area contributed by atoms with Crippen LogP contribution in [0.2, 0.25) is 0 Å². The van der Waals surface area contributed by atoms with Crippen molar-refractivity contribution < 1.29 is 19.4 Å². The maximum atomic E-state index is 12.5. The molecule has 1 N–H and O–H groups in total. The Kier molecular flexibility index (Phi) is 5.54. The first kappa shape index (κ1) is 18.6. The van der Waals surface area contributed by atoms with Crippen LogP contribution in [0.15, 0.2) is 66.5 Å². The third-order valence-corrected chi connectivity index (χ3v) is 4.62. The minimum Gasteiger partial charge on any atom is -0.478 e. The highest BCUT2D eigenvalue weighted by Crippen LogP contribution is 2.28. The minimum absolute atomic E-state index is 0.0470. The fourth-order valence-corrected chi connectivity index (χ4v) is 3.07. The van der Waals surface area contributed by atoms with Crippen LogP contribution in [0.1, 0.15) is 30.1 Å². The summed E-state index contributed by atoms with van der Waals surface area (Å²) in [6, 6.07) is 12.3. The van der Waals surface area contributed by atoms with E-state index < -0.39 is 11.6 Å². The predicted octanol–water partition coefficient (Wildman–Crippen LogP) is 3.17. The number of nitrogens with zero attached hydrogens (tertiary/aromatic N) is 2. The van der Waals surface area contributed by atoms with Crippen molar-refractivity contribution in [3.8, 4) is 5.75 Å².